The maximum absolute atomic E-state index is 11.7. The number of allylic oxidation sites excluding steroid dienone is 1. The van der Waals surface area contributed by atoms with Gasteiger partial charge in [0.2, 0.25) is 5.91 Å². The van der Waals surface area contributed by atoms with E-state index >= 15 is 0 Å². The van der Waals surface area contributed by atoms with Gasteiger partial charge in [-0.15, -0.1) is 0 Å². The molecule has 1 N–H and O–H groups in total. The molecule has 1 aliphatic rings. The first-order chi connectivity index (χ1) is 8.72. The molecule has 0 bridgehead atoms. The first kappa shape index (κ1) is 11.1. The van der Waals surface area contributed by atoms with Crippen LogP contribution in [-0.4, -0.2) is 22.3 Å². The average molecular weight is 240 g/mol. The summed E-state index contributed by atoms with van der Waals surface area (Å²) >= 11 is 0. The predicted molar refractivity (Wildman–Crippen MR) is 73.0 cm³/mol. The lowest BCUT2D eigenvalue weighted by molar-refractivity contribution is -0.125. The van der Waals surface area contributed by atoms with E-state index in [9.17, 15) is 4.79 Å². The van der Waals surface area contributed by atoms with Crippen molar-refractivity contribution in [2.75, 3.05) is 6.54 Å². The van der Waals surface area contributed by atoms with Crippen LogP contribution in [0.1, 0.15) is 25.1 Å². The van der Waals surface area contributed by atoms with E-state index < -0.39 is 0 Å². The number of rotatable bonds is 0. The van der Waals surface area contributed by atoms with Crippen LogP contribution >= 0.6 is 0 Å². The van der Waals surface area contributed by atoms with E-state index in [1.165, 1.54) is 10.9 Å². The summed E-state index contributed by atoms with van der Waals surface area (Å²) in [5.74, 6) is 0.104. The van der Waals surface area contributed by atoms with Gasteiger partial charge in [-0.2, -0.15) is 0 Å². The highest BCUT2D eigenvalue weighted by atomic mass is 16.2. The maximum atomic E-state index is 11.7. The van der Waals surface area contributed by atoms with Crippen LogP contribution in [0.4, 0.5) is 0 Å². The third-order valence-corrected chi connectivity index (χ3v) is 3.60. The number of hydrogen-bond acceptors (Lipinski definition) is 1. The Balaban J connectivity index is 2.23. The Morgan fingerprint density at radius 2 is 2.17 bits per heavy atom. The molecule has 92 valence electrons. The van der Waals surface area contributed by atoms with Gasteiger partial charge in [0.05, 0.1) is 11.4 Å². The third-order valence-electron chi connectivity index (χ3n) is 3.60. The van der Waals surface area contributed by atoms with Gasteiger partial charge in [-0.1, -0.05) is 24.3 Å². The van der Waals surface area contributed by atoms with Gasteiger partial charge in [-0.3, -0.25) is 4.79 Å². The number of amides is 1. The molecular weight excluding hydrogens is 224 g/mol. The van der Waals surface area contributed by atoms with Crippen LogP contribution in [0.15, 0.2) is 30.3 Å². The molecule has 2 heterocycles. The Labute approximate surface area is 106 Å². The molecule has 3 rings (SSSR count). The summed E-state index contributed by atoms with van der Waals surface area (Å²) in [4.78, 5) is 16.9. The molecule has 0 radical (unpaired) electrons. The molecule has 0 unspecified atom stereocenters. The van der Waals surface area contributed by atoms with Crippen LogP contribution in [0.25, 0.3) is 16.6 Å². The van der Waals surface area contributed by atoms with E-state index in [0.717, 1.165) is 29.9 Å². The summed E-state index contributed by atoms with van der Waals surface area (Å²) in [5.41, 5.74) is 4.57. The Morgan fingerprint density at radius 1 is 1.39 bits per heavy atom. The molecule has 1 aromatic carbocycles. The predicted octanol–water partition coefficient (Wildman–Crippen LogP) is 2.93. The van der Waals surface area contributed by atoms with Gasteiger partial charge in [0.25, 0.3) is 0 Å². The van der Waals surface area contributed by atoms with E-state index in [2.05, 4.69) is 23.2 Å². The van der Waals surface area contributed by atoms with Gasteiger partial charge in [0.1, 0.15) is 0 Å². The highest BCUT2D eigenvalue weighted by Crippen LogP contribution is 2.33. The van der Waals surface area contributed by atoms with Crippen molar-refractivity contribution in [1.82, 2.24) is 9.88 Å². The van der Waals surface area contributed by atoms with Crippen LogP contribution in [-0.2, 0) is 11.2 Å². The number of nitrogens with zero attached hydrogens (tertiary/aromatic N) is 1. The number of aromatic nitrogens is 1. The van der Waals surface area contributed by atoms with Crippen molar-refractivity contribution in [3.8, 4) is 0 Å². The summed E-state index contributed by atoms with van der Waals surface area (Å²) in [6.45, 7) is 4.37. The minimum Gasteiger partial charge on any atom is -0.353 e. The number of nitrogens with one attached hydrogen (secondary N) is 1. The standard InChI is InChI=1S/C15H16N2O/c1-3-14-15-12(8-9-17(14)10(2)18)11-6-4-5-7-13(11)16-15/h3-7,16H,8-9H2,1-2H3/b14-3+. The van der Waals surface area contributed by atoms with E-state index in [-0.39, 0.29) is 5.91 Å². The van der Waals surface area contributed by atoms with Crippen LogP contribution in [0, 0.1) is 0 Å². The number of carbonyl (C=O) groups excluding carboxylic acids is 1. The van der Waals surface area contributed by atoms with E-state index in [1.807, 2.05) is 24.0 Å². The van der Waals surface area contributed by atoms with Gasteiger partial charge >= 0.3 is 0 Å². The first-order valence-electron chi connectivity index (χ1n) is 6.26. The van der Waals surface area contributed by atoms with Gasteiger partial charge in [0.15, 0.2) is 0 Å². The van der Waals surface area contributed by atoms with E-state index in [0.29, 0.717) is 0 Å². The van der Waals surface area contributed by atoms with Crippen LogP contribution in [0.3, 0.4) is 0 Å². The summed E-state index contributed by atoms with van der Waals surface area (Å²) < 4.78 is 0. The molecule has 18 heavy (non-hydrogen) atoms. The fourth-order valence-electron chi connectivity index (χ4n) is 2.78. The van der Waals surface area contributed by atoms with Gasteiger partial charge < -0.3 is 9.88 Å². The summed E-state index contributed by atoms with van der Waals surface area (Å²) in [6, 6.07) is 8.31. The molecule has 1 aliphatic heterocycles. The summed E-state index contributed by atoms with van der Waals surface area (Å²) in [7, 11) is 0. The van der Waals surface area contributed by atoms with Crippen molar-refractivity contribution in [3.63, 3.8) is 0 Å². The minimum absolute atomic E-state index is 0.104. The fourth-order valence-corrected chi connectivity index (χ4v) is 2.78. The van der Waals surface area contributed by atoms with Crippen molar-refractivity contribution in [2.45, 2.75) is 20.3 Å². The molecular formula is C15H16N2O. The van der Waals surface area contributed by atoms with Crippen LogP contribution < -0.4 is 0 Å². The average Bonchev–Trinajstić information content (AvgIpc) is 2.75. The number of carbonyl (C=O) groups is 1. The number of hydrogen-bond donors (Lipinski definition) is 1. The SMILES string of the molecule is C/C=C1\c2[nH]c3ccccc3c2CCN1C(C)=O. The zero-order valence-corrected chi connectivity index (χ0v) is 10.7. The van der Waals surface area contributed by atoms with Gasteiger partial charge in [-0.05, 0) is 25.0 Å². The molecule has 0 spiro atoms. The quantitative estimate of drug-likeness (QED) is 0.755. The topological polar surface area (TPSA) is 36.1 Å². The second kappa shape index (κ2) is 4.02. The van der Waals surface area contributed by atoms with Crippen molar-refractivity contribution in [1.29, 1.82) is 0 Å². The third kappa shape index (κ3) is 1.47. The molecule has 3 nitrogen and oxygen atoms in total. The highest BCUT2D eigenvalue weighted by molar-refractivity contribution is 5.93. The maximum Gasteiger partial charge on any atom is 0.223 e. The normalized spacial score (nSPS) is 17.2. The highest BCUT2D eigenvalue weighted by Gasteiger charge is 2.26. The van der Waals surface area contributed by atoms with Crippen molar-refractivity contribution in [3.05, 3.63) is 41.6 Å². The Morgan fingerprint density at radius 3 is 2.89 bits per heavy atom. The van der Waals surface area contributed by atoms with Gasteiger partial charge in [0, 0.05) is 24.4 Å². The molecule has 0 fully saturated rings. The number of aromatic amines is 1. The number of fused-ring (bicyclic) bond motifs is 3. The first-order valence-corrected chi connectivity index (χ1v) is 6.26. The largest absolute Gasteiger partial charge is 0.353 e. The van der Waals surface area contributed by atoms with E-state index in [4.69, 9.17) is 0 Å². The lowest BCUT2D eigenvalue weighted by Gasteiger charge is -2.28. The van der Waals surface area contributed by atoms with Crippen molar-refractivity contribution in [2.24, 2.45) is 0 Å². The molecule has 1 aromatic heterocycles. The monoisotopic (exact) mass is 240 g/mol. The summed E-state index contributed by atoms with van der Waals surface area (Å²) in [6.07, 6.45) is 2.92. The van der Waals surface area contributed by atoms with Crippen LogP contribution in [0.5, 0.6) is 0 Å². The second-order valence-corrected chi connectivity index (χ2v) is 4.62. The smallest absolute Gasteiger partial charge is 0.223 e. The lowest BCUT2D eigenvalue weighted by Crippen LogP contribution is -2.33. The zero-order valence-electron chi connectivity index (χ0n) is 10.7. The molecule has 2 aromatic rings. The molecule has 3 heteroatoms. The Hall–Kier alpha value is -2.03. The van der Waals surface area contributed by atoms with Crippen molar-refractivity contribution >= 4 is 22.5 Å². The number of benzene rings is 1. The molecule has 0 saturated carbocycles. The Bertz CT molecular complexity index is 652. The summed E-state index contributed by atoms with van der Waals surface area (Å²) in [5, 5.41) is 1.27. The van der Waals surface area contributed by atoms with Crippen LogP contribution in [0.2, 0.25) is 0 Å². The molecule has 0 saturated heterocycles. The minimum atomic E-state index is 0.104. The van der Waals surface area contributed by atoms with Gasteiger partial charge in [-0.25, -0.2) is 0 Å². The lowest BCUT2D eigenvalue weighted by atomic mass is 10.0. The Kier molecular flexibility index (Phi) is 2.47. The molecule has 0 aliphatic carbocycles. The number of H-pyrrole nitrogens is 1. The fraction of sp³-hybridized carbons (Fsp3) is 0.267. The molecule has 0 atom stereocenters. The van der Waals surface area contributed by atoms with E-state index in [1.54, 1.807) is 6.92 Å². The second-order valence-electron chi connectivity index (χ2n) is 4.62. The number of para-hydroxylation sites is 1. The molecule has 1 amide bonds. The van der Waals surface area contributed by atoms with Crippen molar-refractivity contribution < 1.29 is 4.79 Å². The zero-order chi connectivity index (χ0) is 12.7.